The summed E-state index contributed by atoms with van der Waals surface area (Å²) in [5, 5.41) is 23.6. The van der Waals surface area contributed by atoms with Gasteiger partial charge in [0.2, 0.25) is 0 Å². The SMILES string of the molecule is C/C(=N\OCCNC(=O)OC(C)(C)C)c1ccn(C2=CC3CN(C2)C(=O)N3OS(=O)(=O)ON2C(=O)N3CC(n4ccc(/C(C)=N/OCCNC(=O)OC(C)(C)C)n4)=CC2C3)n1. The second-order valence-electron chi connectivity index (χ2n) is 16.2. The van der Waals surface area contributed by atoms with Crippen LogP contribution in [-0.2, 0) is 38.1 Å². The van der Waals surface area contributed by atoms with Crippen LogP contribution in [0.2, 0.25) is 0 Å². The third-order valence-corrected chi connectivity index (χ3v) is 9.47. The number of alkyl carbamates (subject to hydrolysis) is 2. The van der Waals surface area contributed by atoms with Crippen molar-refractivity contribution in [2.75, 3.05) is 52.5 Å². The Kier molecular flexibility index (Phi) is 12.9. The van der Waals surface area contributed by atoms with Gasteiger partial charge in [0, 0.05) is 25.5 Å². The Labute approximate surface area is 351 Å². The number of carbonyl (C=O) groups is 4. The number of aromatic nitrogens is 4. The molecule has 332 valence electrons. The van der Waals surface area contributed by atoms with Crippen molar-refractivity contribution < 1.29 is 55.3 Å². The summed E-state index contributed by atoms with van der Waals surface area (Å²) in [7, 11) is -4.99. The number of fused-ring (bicyclic) bond motifs is 4. The van der Waals surface area contributed by atoms with Crippen molar-refractivity contribution in [3.8, 4) is 0 Å². The minimum atomic E-state index is -4.99. The second kappa shape index (κ2) is 17.8. The Bertz CT molecular complexity index is 2090. The quantitative estimate of drug-likeness (QED) is 0.140. The van der Waals surface area contributed by atoms with Gasteiger partial charge in [0.15, 0.2) is 0 Å². The summed E-state index contributed by atoms with van der Waals surface area (Å²) in [4.78, 5) is 63.4. The molecule has 6 amide bonds. The van der Waals surface area contributed by atoms with Gasteiger partial charge in [-0.05, 0) is 79.7 Å². The van der Waals surface area contributed by atoms with Gasteiger partial charge in [0.1, 0.15) is 59.3 Å². The lowest BCUT2D eigenvalue weighted by atomic mass is 10.2. The standard InChI is InChI=1S/C36H50N12O12S/c1-23(41-55-15-11-37-31(49)57-35(3,4)5)29-9-13-45(39-29)25-17-27-21-43(19-25)33(51)47(27)59-61(53,54)60-48-28-18-26(20-44(22-28)34(48)52)46-14-10-30(40-46)24(2)42-56-16-12-38-32(50)58-36(6,7)8/h9-10,13-14,17-18,27-28H,11-12,15-16,19-22H2,1-8H3,(H,37,49)(H,38,50)/b41-23+,42-24+. The maximum Gasteiger partial charge on any atom is 0.442 e. The molecule has 2 atom stereocenters. The van der Waals surface area contributed by atoms with Crippen molar-refractivity contribution in [1.82, 2.24) is 50.1 Å². The van der Waals surface area contributed by atoms with E-state index in [2.05, 4.69) is 31.1 Å². The van der Waals surface area contributed by atoms with E-state index >= 15 is 0 Å². The van der Waals surface area contributed by atoms with Crippen LogP contribution in [0, 0.1) is 0 Å². The molecule has 0 saturated carbocycles. The summed E-state index contributed by atoms with van der Waals surface area (Å²) in [5.41, 5.74) is 1.72. The summed E-state index contributed by atoms with van der Waals surface area (Å²) in [5.74, 6) is 0. The van der Waals surface area contributed by atoms with Crippen LogP contribution < -0.4 is 10.6 Å². The van der Waals surface area contributed by atoms with E-state index in [1.165, 1.54) is 19.2 Å². The average molecular weight is 875 g/mol. The van der Waals surface area contributed by atoms with Gasteiger partial charge in [0.25, 0.3) is 0 Å². The largest absolute Gasteiger partial charge is 0.444 e. The highest BCUT2D eigenvalue weighted by Gasteiger charge is 2.47. The molecule has 4 aliphatic rings. The molecular weight excluding hydrogens is 825 g/mol. The smallest absolute Gasteiger partial charge is 0.442 e. The molecule has 2 fully saturated rings. The number of hydrogen-bond donors (Lipinski definition) is 2. The van der Waals surface area contributed by atoms with Gasteiger partial charge in [-0.25, -0.2) is 28.5 Å². The van der Waals surface area contributed by atoms with Crippen molar-refractivity contribution in [2.45, 2.75) is 78.7 Å². The highest BCUT2D eigenvalue weighted by atomic mass is 32.3. The number of hydroxylamine groups is 4. The van der Waals surface area contributed by atoms with Gasteiger partial charge >= 0.3 is 34.6 Å². The van der Waals surface area contributed by atoms with Crippen LogP contribution in [0.25, 0.3) is 11.4 Å². The summed E-state index contributed by atoms with van der Waals surface area (Å²) in [6.45, 7) is 14.9. The molecule has 24 nitrogen and oxygen atoms in total. The van der Waals surface area contributed by atoms with Crippen LogP contribution in [-0.4, -0.2) is 159 Å². The van der Waals surface area contributed by atoms with E-state index < -0.39 is 57.9 Å². The van der Waals surface area contributed by atoms with E-state index in [9.17, 15) is 27.6 Å². The third-order valence-electron chi connectivity index (χ3n) is 8.79. The summed E-state index contributed by atoms with van der Waals surface area (Å²) in [6, 6.07) is 0.265. The first-order valence-electron chi connectivity index (χ1n) is 19.3. The van der Waals surface area contributed by atoms with E-state index in [1.807, 2.05) is 0 Å². The molecule has 2 unspecified atom stereocenters. The number of nitrogens with one attached hydrogen (secondary N) is 2. The number of oxime groups is 2. The molecule has 2 saturated heterocycles. The molecule has 4 bridgehead atoms. The van der Waals surface area contributed by atoms with E-state index in [0.717, 1.165) is 0 Å². The molecule has 6 rings (SSSR count). The number of ether oxygens (including phenoxy) is 2. The lowest BCUT2D eigenvalue weighted by Crippen LogP contribution is -2.40. The number of rotatable bonds is 16. The van der Waals surface area contributed by atoms with E-state index in [-0.39, 0.29) is 52.5 Å². The fourth-order valence-electron chi connectivity index (χ4n) is 6.20. The monoisotopic (exact) mass is 874 g/mol. The lowest BCUT2D eigenvalue weighted by Gasteiger charge is -2.22. The van der Waals surface area contributed by atoms with Gasteiger partial charge < -0.3 is 39.6 Å². The van der Waals surface area contributed by atoms with Crippen LogP contribution in [0.1, 0.15) is 66.8 Å². The summed E-state index contributed by atoms with van der Waals surface area (Å²) in [6.07, 6.45) is 5.47. The van der Waals surface area contributed by atoms with Crippen LogP contribution in [0.4, 0.5) is 19.2 Å². The topological polar surface area (TPSA) is 255 Å². The summed E-state index contributed by atoms with van der Waals surface area (Å²) < 4.78 is 50.3. The van der Waals surface area contributed by atoms with Crippen LogP contribution in [0.15, 0.2) is 47.0 Å². The number of nitrogens with zero attached hydrogens (tertiary/aromatic N) is 10. The Morgan fingerprint density at radius 2 is 1.11 bits per heavy atom. The minimum absolute atomic E-state index is 0.0900. The predicted octanol–water partition coefficient (Wildman–Crippen LogP) is 2.34. The molecule has 4 aliphatic heterocycles. The maximum absolute atomic E-state index is 13.3. The molecule has 2 aromatic rings. The van der Waals surface area contributed by atoms with E-state index in [0.29, 0.717) is 44.3 Å². The maximum atomic E-state index is 13.3. The first-order chi connectivity index (χ1) is 28.6. The highest BCUT2D eigenvalue weighted by molar-refractivity contribution is 7.81. The lowest BCUT2D eigenvalue weighted by molar-refractivity contribution is -0.0723. The molecule has 2 N–H and O–H groups in total. The normalized spacial score (nSPS) is 19.5. The van der Waals surface area contributed by atoms with Gasteiger partial charge in [0.05, 0.1) is 37.6 Å². The van der Waals surface area contributed by atoms with Crippen molar-refractivity contribution in [1.29, 1.82) is 0 Å². The zero-order chi connectivity index (χ0) is 44.3. The van der Waals surface area contributed by atoms with E-state index in [4.69, 9.17) is 27.7 Å². The van der Waals surface area contributed by atoms with Crippen molar-refractivity contribution in [3.63, 3.8) is 0 Å². The minimum Gasteiger partial charge on any atom is -0.444 e. The van der Waals surface area contributed by atoms with Gasteiger partial charge in [-0.15, -0.1) is 8.57 Å². The fraction of sp³-hybridized carbons (Fsp3) is 0.556. The van der Waals surface area contributed by atoms with Crippen LogP contribution >= 0.6 is 0 Å². The van der Waals surface area contributed by atoms with Gasteiger partial charge in [-0.2, -0.15) is 28.7 Å². The predicted molar refractivity (Wildman–Crippen MR) is 214 cm³/mol. The molecule has 0 aromatic carbocycles. The van der Waals surface area contributed by atoms with Crippen molar-refractivity contribution in [3.05, 3.63) is 48.1 Å². The molecule has 61 heavy (non-hydrogen) atoms. The number of hydrogen-bond acceptors (Lipinski definition) is 16. The van der Waals surface area contributed by atoms with Gasteiger partial charge in [-0.1, -0.05) is 10.3 Å². The molecule has 6 heterocycles. The Morgan fingerprint density at radius 3 is 1.49 bits per heavy atom. The number of carbonyl (C=O) groups excluding carboxylic acids is 4. The number of amides is 6. The molecule has 0 spiro atoms. The highest BCUT2D eigenvalue weighted by Crippen LogP contribution is 2.31. The van der Waals surface area contributed by atoms with Crippen molar-refractivity contribution in [2.24, 2.45) is 10.3 Å². The molecule has 2 aromatic heterocycles. The Morgan fingerprint density at radius 1 is 0.721 bits per heavy atom. The van der Waals surface area contributed by atoms with Gasteiger partial charge in [-0.3, -0.25) is 0 Å². The first-order valence-corrected chi connectivity index (χ1v) is 20.6. The molecular formula is C36H50N12O12S. The fourth-order valence-corrected chi connectivity index (χ4v) is 6.97. The van der Waals surface area contributed by atoms with E-state index in [1.54, 1.807) is 92.1 Å². The van der Waals surface area contributed by atoms with Crippen LogP contribution in [0.3, 0.4) is 0 Å². The molecule has 25 heteroatoms. The molecule has 0 radical (unpaired) electrons. The summed E-state index contributed by atoms with van der Waals surface area (Å²) >= 11 is 0. The van der Waals surface area contributed by atoms with Crippen molar-refractivity contribution >= 4 is 57.5 Å². The second-order valence-corrected chi connectivity index (χ2v) is 17.3. The molecule has 0 aliphatic carbocycles. The Hall–Kier alpha value is -6.21. The zero-order valence-electron chi connectivity index (χ0n) is 35.1. The average Bonchev–Trinajstić information content (AvgIpc) is 3.95. The zero-order valence-corrected chi connectivity index (χ0v) is 35.9. The first kappa shape index (κ1) is 44.3. The third kappa shape index (κ3) is 11.5. The number of urea groups is 2. The van der Waals surface area contributed by atoms with Crippen LogP contribution in [0.5, 0.6) is 0 Å². The Balaban J connectivity index is 1.01.